The van der Waals surface area contributed by atoms with Gasteiger partial charge in [-0.1, -0.05) is 85.0 Å². The Morgan fingerprint density at radius 3 is 2.43 bits per heavy atom. The molecule has 7 rings (SSSR count). The SMILES string of the molecule is COc1ccc([Si](C)(C)C(CCn2cc(C(CO)c3ccccc3)nn2)[C@H]2Oc3ccc(-n4[nH]c5ccccc5c4=O)cc3[C@@H](OC)[C@@H]2C)cc1. The lowest BCUT2D eigenvalue weighted by Gasteiger charge is -2.46. The number of aliphatic hydroxyl groups is 1. The number of benzene rings is 4. The molecule has 4 aromatic carbocycles. The van der Waals surface area contributed by atoms with E-state index < -0.39 is 8.07 Å². The normalized spacial score (nSPS) is 18.6. The first kappa shape index (κ1) is 34.5. The maximum Gasteiger partial charge on any atom is 0.279 e. The molecule has 0 radical (unpaired) electrons. The summed E-state index contributed by atoms with van der Waals surface area (Å²) in [5, 5.41) is 24.5. The molecular formula is C40H45N5O5Si. The lowest BCUT2D eigenvalue weighted by Crippen LogP contribution is -2.54. The van der Waals surface area contributed by atoms with Crippen LogP contribution < -0.4 is 20.2 Å². The number of hydrogen-bond donors (Lipinski definition) is 2. The van der Waals surface area contributed by atoms with E-state index in [0.717, 1.165) is 45.9 Å². The fourth-order valence-corrected chi connectivity index (χ4v) is 11.3. The van der Waals surface area contributed by atoms with E-state index in [1.54, 1.807) is 18.9 Å². The number of rotatable bonds is 12. The van der Waals surface area contributed by atoms with Gasteiger partial charge < -0.3 is 19.3 Å². The Labute approximate surface area is 298 Å². The van der Waals surface area contributed by atoms with Gasteiger partial charge in [0.1, 0.15) is 17.6 Å². The van der Waals surface area contributed by atoms with E-state index in [2.05, 4.69) is 47.6 Å². The minimum Gasteiger partial charge on any atom is -0.497 e. The summed E-state index contributed by atoms with van der Waals surface area (Å²) in [6, 6.07) is 31.8. The lowest BCUT2D eigenvalue weighted by atomic mass is 9.86. The van der Waals surface area contributed by atoms with Crippen LogP contribution in [0.25, 0.3) is 16.6 Å². The topological polar surface area (TPSA) is 116 Å². The van der Waals surface area contributed by atoms with Crippen molar-refractivity contribution in [1.29, 1.82) is 0 Å². The summed E-state index contributed by atoms with van der Waals surface area (Å²) < 4.78 is 22.3. The van der Waals surface area contributed by atoms with Crippen LogP contribution in [-0.4, -0.2) is 64.9 Å². The lowest BCUT2D eigenvalue weighted by molar-refractivity contribution is -0.0234. The van der Waals surface area contributed by atoms with Crippen LogP contribution in [-0.2, 0) is 11.3 Å². The molecule has 2 aromatic heterocycles. The monoisotopic (exact) mass is 703 g/mol. The van der Waals surface area contributed by atoms with Gasteiger partial charge in [-0.2, -0.15) is 0 Å². The second kappa shape index (κ2) is 14.3. The number of H-pyrrole nitrogens is 1. The maximum absolute atomic E-state index is 13.3. The third-order valence-corrected chi connectivity index (χ3v) is 15.1. The number of nitrogens with one attached hydrogen (secondary N) is 1. The Balaban J connectivity index is 1.22. The zero-order valence-corrected chi connectivity index (χ0v) is 30.7. The van der Waals surface area contributed by atoms with Gasteiger partial charge in [0.15, 0.2) is 0 Å². The number of ether oxygens (including phenoxy) is 3. The predicted octanol–water partition coefficient (Wildman–Crippen LogP) is 6.20. The van der Waals surface area contributed by atoms with Crippen molar-refractivity contribution in [2.75, 3.05) is 20.8 Å². The molecule has 1 aliphatic heterocycles. The molecule has 2 unspecified atom stereocenters. The van der Waals surface area contributed by atoms with Crippen LogP contribution in [0.2, 0.25) is 18.6 Å². The fourth-order valence-electron chi connectivity index (χ4n) is 7.82. The molecule has 0 fully saturated rings. The molecule has 0 spiro atoms. The first-order valence-corrected chi connectivity index (χ1v) is 20.5. The van der Waals surface area contributed by atoms with Crippen LogP contribution >= 0.6 is 0 Å². The summed E-state index contributed by atoms with van der Waals surface area (Å²) in [7, 11) is 1.19. The highest BCUT2D eigenvalue weighted by Crippen LogP contribution is 2.47. The molecule has 5 atom stereocenters. The molecular weight excluding hydrogens is 659 g/mol. The highest BCUT2D eigenvalue weighted by Gasteiger charge is 2.47. The van der Waals surface area contributed by atoms with Crippen molar-refractivity contribution in [1.82, 2.24) is 24.8 Å². The zero-order chi connectivity index (χ0) is 35.7. The molecule has 10 nitrogen and oxygen atoms in total. The molecule has 0 amide bonds. The van der Waals surface area contributed by atoms with E-state index in [0.29, 0.717) is 11.9 Å². The minimum atomic E-state index is -2.24. The van der Waals surface area contributed by atoms with Crippen molar-refractivity contribution >= 4 is 24.2 Å². The van der Waals surface area contributed by atoms with Gasteiger partial charge in [0.25, 0.3) is 5.56 Å². The Morgan fingerprint density at radius 1 is 0.980 bits per heavy atom. The predicted molar refractivity (Wildman–Crippen MR) is 201 cm³/mol. The van der Waals surface area contributed by atoms with E-state index in [-0.39, 0.29) is 41.8 Å². The zero-order valence-electron chi connectivity index (χ0n) is 29.7. The molecule has 51 heavy (non-hydrogen) atoms. The standard InChI is InChI=1S/C40H45N5O5Si/c1-26-38(49-3)32-23-28(45-40(47)31-13-9-10-14-34(31)42-45)15-20-36(32)50-39(26)37(51(4,5)30-18-16-29(48-2)17-19-30)21-22-44-24-35(41-43-44)33(25-46)27-11-7-6-8-12-27/h6-20,23-24,26,33,37-39,42,46H,21-22,25H2,1-5H3/t26-,33?,37?,38-,39-/m0/s1. The molecule has 6 aromatic rings. The van der Waals surface area contributed by atoms with Gasteiger partial charge in [-0.3, -0.25) is 14.6 Å². The summed E-state index contributed by atoms with van der Waals surface area (Å²) in [6.45, 7) is 7.60. The van der Waals surface area contributed by atoms with Crippen LogP contribution in [0.5, 0.6) is 11.5 Å². The van der Waals surface area contributed by atoms with Gasteiger partial charge in [0, 0.05) is 31.3 Å². The van der Waals surface area contributed by atoms with Gasteiger partial charge in [0.2, 0.25) is 0 Å². The summed E-state index contributed by atoms with van der Waals surface area (Å²) in [5.74, 6) is 1.34. The number of methoxy groups -OCH3 is 2. The summed E-state index contributed by atoms with van der Waals surface area (Å²) >= 11 is 0. The van der Waals surface area contributed by atoms with Crippen molar-refractivity contribution in [2.45, 2.75) is 56.7 Å². The number of nitrogens with zero attached hydrogens (tertiary/aromatic N) is 4. The third-order valence-electron chi connectivity index (χ3n) is 10.8. The smallest absolute Gasteiger partial charge is 0.279 e. The van der Waals surface area contributed by atoms with Gasteiger partial charge in [-0.05, 0) is 60.0 Å². The Kier molecular flexibility index (Phi) is 9.69. The second-order valence-corrected chi connectivity index (χ2v) is 18.8. The first-order chi connectivity index (χ1) is 24.7. The molecule has 0 saturated heterocycles. The molecule has 11 heteroatoms. The quantitative estimate of drug-likeness (QED) is 0.146. The van der Waals surface area contributed by atoms with Crippen LogP contribution in [0.3, 0.4) is 0 Å². The largest absolute Gasteiger partial charge is 0.497 e. The van der Waals surface area contributed by atoms with Crippen molar-refractivity contribution < 1.29 is 19.3 Å². The van der Waals surface area contributed by atoms with E-state index in [9.17, 15) is 9.90 Å². The average molecular weight is 704 g/mol. The summed E-state index contributed by atoms with van der Waals surface area (Å²) in [6.07, 6.45) is 2.34. The Bertz CT molecular complexity index is 2160. The van der Waals surface area contributed by atoms with E-state index in [4.69, 9.17) is 14.2 Å². The molecule has 1 aliphatic rings. The molecule has 0 saturated carbocycles. The first-order valence-electron chi connectivity index (χ1n) is 17.5. The third kappa shape index (κ3) is 6.53. The van der Waals surface area contributed by atoms with Crippen LogP contribution in [0.15, 0.2) is 108 Å². The van der Waals surface area contributed by atoms with E-state index in [1.165, 1.54) is 5.19 Å². The van der Waals surface area contributed by atoms with E-state index >= 15 is 0 Å². The minimum absolute atomic E-state index is 0.00429. The highest BCUT2D eigenvalue weighted by atomic mass is 28.3. The second-order valence-electron chi connectivity index (χ2n) is 14.0. The van der Waals surface area contributed by atoms with Crippen LogP contribution in [0.4, 0.5) is 0 Å². The number of aromatic amines is 1. The van der Waals surface area contributed by atoms with Gasteiger partial charge in [-0.25, -0.2) is 4.68 Å². The van der Waals surface area contributed by atoms with E-state index in [1.807, 2.05) is 95.8 Å². The van der Waals surface area contributed by atoms with Gasteiger partial charge >= 0.3 is 0 Å². The number of para-hydroxylation sites is 1. The Morgan fingerprint density at radius 2 is 1.73 bits per heavy atom. The molecule has 2 N–H and O–H groups in total. The number of hydrogen-bond acceptors (Lipinski definition) is 7. The van der Waals surface area contributed by atoms with Crippen LogP contribution in [0.1, 0.15) is 42.2 Å². The molecule has 264 valence electrons. The number of aliphatic hydroxyl groups excluding tert-OH is 1. The highest BCUT2D eigenvalue weighted by molar-refractivity contribution is 6.91. The maximum atomic E-state index is 13.3. The van der Waals surface area contributed by atoms with Crippen molar-refractivity contribution in [3.63, 3.8) is 0 Å². The Hall–Kier alpha value is -4.97. The average Bonchev–Trinajstić information content (AvgIpc) is 3.76. The number of aryl methyl sites for hydroxylation is 1. The van der Waals surface area contributed by atoms with Crippen molar-refractivity contribution in [3.8, 4) is 17.2 Å². The van der Waals surface area contributed by atoms with Crippen LogP contribution in [0, 0.1) is 5.92 Å². The number of aromatic nitrogens is 5. The fraction of sp³-hybridized carbons (Fsp3) is 0.325. The molecule has 0 bridgehead atoms. The van der Waals surface area contributed by atoms with Gasteiger partial charge in [0.05, 0.1) is 56.1 Å². The van der Waals surface area contributed by atoms with Crippen molar-refractivity contribution in [2.24, 2.45) is 5.92 Å². The summed E-state index contributed by atoms with van der Waals surface area (Å²) in [5.41, 5.74) is 4.24. The molecule has 3 heterocycles. The summed E-state index contributed by atoms with van der Waals surface area (Å²) in [4.78, 5) is 13.3. The number of fused-ring (bicyclic) bond motifs is 2. The van der Waals surface area contributed by atoms with Gasteiger partial charge in [-0.15, -0.1) is 5.10 Å². The molecule has 0 aliphatic carbocycles. The van der Waals surface area contributed by atoms with Crippen molar-refractivity contribution in [3.05, 3.63) is 130 Å².